The third-order valence-corrected chi connectivity index (χ3v) is 3.55. The molecule has 3 nitrogen and oxygen atoms in total. The van der Waals surface area contributed by atoms with Crippen molar-refractivity contribution in [3.05, 3.63) is 0 Å². The second-order valence-corrected chi connectivity index (χ2v) is 4.91. The first kappa shape index (κ1) is 9.44. The average Bonchev–Trinajstić information content (AvgIpc) is 2.02. The number of nitrogens with two attached hydrogens (primary N) is 1. The average molecular weight is 184 g/mol. The van der Waals surface area contributed by atoms with Gasteiger partial charge in [0.1, 0.15) is 0 Å². The third-order valence-electron chi connectivity index (χ3n) is 3.55. The smallest absolute Gasteiger partial charge is 0.0829 e. The van der Waals surface area contributed by atoms with Crippen LogP contribution in [0.2, 0.25) is 0 Å². The Morgan fingerprint density at radius 2 is 2.15 bits per heavy atom. The summed E-state index contributed by atoms with van der Waals surface area (Å²) in [5.41, 5.74) is 5.22. The van der Waals surface area contributed by atoms with Crippen LogP contribution < -0.4 is 11.1 Å². The third kappa shape index (κ3) is 1.73. The number of nitrogens with one attached hydrogen (secondary N) is 1. The molecule has 0 aromatic rings. The van der Waals surface area contributed by atoms with E-state index in [4.69, 9.17) is 5.73 Å². The highest BCUT2D eigenvalue weighted by molar-refractivity contribution is 5.05. The molecule has 2 fully saturated rings. The van der Waals surface area contributed by atoms with Crippen LogP contribution in [0.4, 0.5) is 0 Å². The molecule has 0 spiro atoms. The molecule has 76 valence electrons. The predicted octanol–water partition coefficient (Wildman–Crippen LogP) is 0.227. The molecule has 2 atom stereocenters. The van der Waals surface area contributed by atoms with E-state index in [2.05, 4.69) is 12.2 Å². The van der Waals surface area contributed by atoms with E-state index < -0.39 is 5.60 Å². The second-order valence-electron chi connectivity index (χ2n) is 4.91. The molecule has 3 heteroatoms. The van der Waals surface area contributed by atoms with Gasteiger partial charge in [-0.15, -0.1) is 0 Å². The molecule has 2 rings (SSSR count). The summed E-state index contributed by atoms with van der Waals surface area (Å²) >= 11 is 0. The Morgan fingerprint density at radius 3 is 2.69 bits per heavy atom. The van der Waals surface area contributed by atoms with Crippen molar-refractivity contribution in [3.63, 3.8) is 0 Å². The van der Waals surface area contributed by atoms with Crippen LogP contribution in [0.5, 0.6) is 0 Å². The van der Waals surface area contributed by atoms with E-state index in [1.807, 2.05) is 0 Å². The van der Waals surface area contributed by atoms with E-state index >= 15 is 0 Å². The summed E-state index contributed by atoms with van der Waals surface area (Å²) in [5.74, 6) is 0.743. The number of aliphatic hydroxyl groups is 1. The van der Waals surface area contributed by atoms with Gasteiger partial charge in [0.15, 0.2) is 0 Å². The summed E-state index contributed by atoms with van der Waals surface area (Å²) in [6, 6.07) is 0.514. The van der Waals surface area contributed by atoms with E-state index in [9.17, 15) is 5.11 Å². The van der Waals surface area contributed by atoms with E-state index in [0.29, 0.717) is 0 Å². The number of hydrogen-bond acceptors (Lipinski definition) is 3. The molecular weight excluding hydrogens is 164 g/mol. The summed E-state index contributed by atoms with van der Waals surface area (Å²) in [7, 11) is 0. The molecule has 0 aromatic carbocycles. The quantitative estimate of drug-likeness (QED) is 0.546. The van der Waals surface area contributed by atoms with Gasteiger partial charge >= 0.3 is 0 Å². The SMILES string of the molecule is CC1CCNC(C2(O)CC(N)C2)C1. The van der Waals surface area contributed by atoms with Gasteiger partial charge in [0.25, 0.3) is 0 Å². The lowest BCUT2D eigenvalue weighted by Gasteiger charge is -2.49. The molecule has 1 saturated heterocycles. The largest absolute Gasteiger partial charge is 0.388 e. The lowest BCUT2D eigenvalue weighted by Crippen LogP contribution is -2.64. The highest BCUT2D eigenvalue weighted by Gasteiger charge is 2.47. The molecule has 0 radical (unpaired) electrons. The molecule has 1 heterocycles. The minimum atomic E-state index is -0.492. The Hall–Kier alpha value is -0.120. The molecule has 0 amide bonds. The molecule has 4 N–H and O–H groups in total. The lowest BCUT2D eigenvalue weighted by molar-refractivity contribution is -0.0860. The fourth-order valence-electron chi connectivity index (χ4n) is 2.65. The molecule has 2 aliphatic rings. The summed E-state index contributed by atoms with van der Waals surface area (Å²) in [6.07, 6.45) is 3.89. The van der Waals surface area contributed by atoms with Crippen molar-refractivity contribution in [1.29, 1.82) is 0 Å². The van der Waals surface area contributed by atoms with Crippen LogP contribution in [0.3, 0.4) is 0 Å². The zero-order valence-corrected chi connectivity index (χ0v) is 8.29. The van der Waals surface area contributed by atoms with E-state index in [-0.39, 0.29) is 12.1 Å². The van der Waals surface area contributed by atoms with Crippen molar-refractivity contribution < 1.29 is 5.11 Å². The first-order valence-corrected chi connectivity index (χ1v) is 5.31. The van der Waals surface area contributed by atoms with Crippen LogP contribution in [-0.2, 0) is 0 Å². The van der Waals surface area contributed by atoms with Gasteiger partial charge in [-0.1, -0.05) is 6.92 Å². The van der Waals surface area contributed by atoms with E-state index in [1.165, 1.54) is 6.42 Å². The lowest BCUT2D eigenvalue weighted by atomic mass is 9.68. The van der Waals surface area contributed by atoms with Gasteiger partial charge in [0.2, 0.25) is 0 Å². The topological polar surface area (TPSA) is 58.3 Å². The van der Waals surface area contributed by atoms with Gasteiger partial charge in [-0.05, 0) is 38.1 Å². The standard InChI is InChI=1S/C10H20N2O/c1-7-2-3-12-9(4-7)10(13)5-8(11)6-10/h7-9,12-13H,2-6,11H2,1H3. The summed E-state index contributed by atoms with van der Waals surface area (Å²) in [4.78, 5) is 0. The van der Waals surface area contributed by atoms with Crippen molar-refractivity contribution in [2.24, 2.45) is 11.7 Å². The van der Waals surface area contributed by atoms with Crippen LogP contribution in [0.1, 0.15) is 32.6 Å². The fourth-order valence-corrected chi connectivity index (χ4v) is 2.65. The summed E-state index contributed by atoms with van der Waals surface area (Å²) in [5, 5.41) is 13.6. The minimum Gasteiger partial charge on any atom is -0.388 e. The maximum atomic E-state index is 10.2. The van der Waals surface area contributed by atoms with Crippen molar-refractivity contribution in [3.8, 4) is 0 Å². The first-order chi connectivity index (χ1) is 6.10. The molecule has 13 heavy (non-hydrogen) atoms. The normalized spacial score (nSPS) is 51.5. The highest BCUT2D eigenvalue weighted by atomic mass is 16.3. The van der Waals surface area contributed by atoms with E-state index in [1.54, 1.807) is 0 Å². The van der Waals surface area contributed by atoms with Crippen molar-refractivity contribution in [1.82, 2.24) is 5.32 Å². The van der Waals surface area contributed by atoms with Gasteiger partial charge in [-0.3, -0.25) is 0 Å². The molecule has 1 aliphatic heterocycles. The van der Waals surface area contributed by atoms with Gasteiger partial charge in [0.05, 0.1) is 5.60 Å². The summed E-state index contributed by atoms with van der Waals surface area (Å²) < 4.78 is 0. The van der Waals surface area contributed by atoms with Gasteiger partial charge in [-0.25, -0.2) is 0 Å². The number of hydrogen-bond donors (Lipinski definition) is 3. The molecular formula is C10H20N2O. The zero-order chi connectivity index (χ0) is 9.47. The van der Waals surface area contributed by atoms with Gasteiger partial charge < -0.3 is 16.2 Å². The van der Waals surface area contributed by atoms with E-state index in [0.717, 1.165) is 31.7 Å². The van der Waals surface area contributed by atoms with Crippen LogP contribution in [-0.4, -0.2) is 29.3 Å². The molecule has 0 bridgehead atoms. The maximum absolute atomic E-state index is 10.2. The van der Waals surface area contributed by atoms with Crippen LogP contribution >= 0.6 is 0 Å². The Labute approximate surface area is 79.7 Å². The monoisotopic (exact) mass is 184 g/mol. The van der Waals surface area contributed by atoms with Crippen LogP contribution in [0, 0.1) is 5.92 Å². The maximum Gasteiger partial charge on any atom is 0.0829 e. The van der Waals surface area contributed by atoms with Crippen molar-refractivity contribution in [2.45, 2.75) is 50.3 Å². The van der Waals surface area contributed by atoms with Crippen LogP contribution in [0.15, 0.2) is 0 Å². The minimum absolute atomic E-state index is 0.226. The highest BCUT2D eigenvalue weighted by Crippen LogP contribution is 2.37. The second kappa shape index (κ2) is 3.23. The zero-order valence-electron chi connectivity index (χ0n) is 8.29. The Kier molecular flexibility index (Phi) is 2.34. The molecule has 0 aromatic heterocycles. The Bertz CT molecular complexity index is 189. The molecule has 1 aliphatic carbocycles. The van der Waals surface area contributed by atoms with Crippen molar-refractivity contribution in [2.75, 3.05) is 6.54 Å². The van der Waals surface area contributed by atoms with Gasteiger partial charge in [-0.2, -0.15) is 0 Å². The first-order valence-electron chi connectivity index (χ1n) is 5.31. The van der Waals surface area contributed by atoms with Crippen LogP contribution in [0.25, 0.3) is 0 Å². The fraction of sp³-hybridized carbons (Fsp3) is 1.00. The van der Waals surface area contributed by atoms with Gasteiger partial charge in [0, 0.05) is 12.1 Å². The summed E-state index contributed by atoms with van der Waals surface area (Å²) in [6.45, 7) is 3.30. The number of rotatable bonds is 1. The number of piperidine rings is 1. The Balaban J connectivity index is 1.92. The predicted molar refractivity (Wildman–Crippen MR) is 52.3 cm³/mol. The molecule has 2 unspecified atom stereocenters. The van der Waals surface area contributed by atoms with Crippen molar-refractivity contribution >= 4 is 0 Å². The Morgan fingerprint density at radius 1 is 1.46 bits per heavy atom. The molecule has 1 saturated carbocycles.